The van der Waals surface area contributed by atoms with Gasteiger partial charge in [0.2, 0.25) is 5.41 Å². The van der Waals surface area contributed by atoms with E-state index in [4.69, 9.17) is 14.2 Å². The van der Waals surface area contributed by atoms with Gasteiger partial charge >= 0.3 is 23.9 Å². The molecular formula is C20H25NO9. The van der Waals surface area contributed by atoms with Crippen LogP contribution in [0.4, 0.5) is 5.69 Å². The zero-order chi connectivity index (χ0) is 22.5. The Balaban J connectivity index is 2.73. The number of rotatable bonds is 7. The Morgan fingerprint density at radius 1 is 1.00 bits per heavy atom. The molecule has 0 fully saturated rings. The highest BCUT2D eigenvalue weighted by Gasteiger charge is 2.66. The van der Waals surface area contributed by atoms with Crippen molar-refractivity contribution in [3.05, 3.63) is 29.3 Å². The Labute approximate surface area is 173 Å². The first-order chi connectivity index (χ1) is 14.3. The third-order valence-electron chi connectivity index (χ3n) is 4.70. The molecule has 2 rings (SSSR count). The van der Waals surface area contributed by atoms with E-state index in [1.807, 2.05) is 0 Å². The van der Waals surface area contributed by atoms with Gasteiger partial charge < -0.3 is 29.4 Å². The number of ether oxygens (including phenoxy) is 4. The van der Waals surface area contributed by atoms with E-state index in [1.54, 1.807) is 6.92 Å². The van der Waals surface area contributed by atoms with Gasteiger partial charge in [-0.1, -0.05) is 6.07 Å². The van der Waals surface area contributed by atoms with Crippen molar-refractivity contribution in [3.63, 3.8) is 0 Å². The molecule has 10 nitrogen and oxygen atoms in total. The van der Waals surface area contributed by atoms with Crippen molar-refractivity contribution in [2.24, 2.45) is 5.41 Å². The Bertz CT molecular complexity index is 818. The molecule has 1 aromatic rings. The summed E-state index contributed by atoms with van der Waals surface area (Å²) in [6, 6.07) is 2.40. The van der Waals surface area contributed by atoms with Crippen LogP contribution in [0.3, 0.4) is 0 Å². The lowest BCUT2D eigenvalue weighted by molar-refractivity contribution is -0.189. The smallest absolute Gasteiger partial charge is 0.337 e. The molecule has 1 heterocycles. The fraction of sp³-hybridized carbons (Fsp3) is 0.500. The van der Waals surface area contributed by atoms with E-state index in [2.05, 4.69) is 10.1 Å². The standard InChI is InChI=1S/C20H25NO9/c1-5-28-17(24)14-20(18(25)29-6-2,19(26)30-7-3)15(22)12-9-8-11(16(23)27-4)10-13(12)21-14/h8-10,14-15,21-22H,5-7H2,1-4H3/t14-,15-/m1/s1. The zero-order valence-electron chi connectivity index (χ0n) is 17.2. The van der Waals surface area contributed by atoms with E-state index in [-0.39, 0.29) is 36.6 Å². The summed E-state index contributed by atoms with van der Waals surface area (Å²) in [7, 11) is 1.21. The van der Waals surface area contributed by atoms with E-state index in [1.165, 1.54) is 39.2 Å². The summed E-state index contributed by atoms with van der Waals surface area (Å²) in [5, 5.41) is 13.9. The number of carbonyl (C=O) groups is 4. The van der Waals surface area contributed by atoms with Crippen LogP contribution in [-0.4, -0.2) is 62.0 Å². The van der Waals surface area contributed by atoms with Gasteiger partial charge in [-0.15, -0.1) is 0 Å². The molecule has 1 aliphatic heterocycles. The average molecular weight is 423 g/mol. The molecule has 0 spiro atoms. The molecule has 0 bridgehead atoms. The fourth-order valence-electron chi connectivity index (χ4n) is 3.35. The van der Waals surface area contributed by atoms with Crippen LogP contribution in [0.25, 0.3) is 0 Å². The number of nitrogens with one attached hydrogen (secondary N) is 1. The summed E-state index contributed by atoms with van der Waals surface area (Å²) in [5.74, 6) is -3.88. The minimum Gasteiger partial charge on any atom is -0.465 e. The quantitative estimate of drug-likeness (QED) is 0.371. The molecule has 0 aliphatic carbocycles. The number of anilines is 1. The molecule has 2 atom stereocenters. The van der Waals surface area contributed by atoms with Crippen LogP contribution in [0.15, 0.2) is 18.2 Å². The molecule has 0 saturated heterocycles. The number of hydrogen-bond acceptors (Lipinski definition) is 10. The van der Waals surface area contributed by atoms with Crippen LogP contribution < -0.4 is 5.32 Å². The van der Waals surface area contributed by atoms with E-state index < -0.39 is 41.4 Å². The van der Waals surface area contributed by atoms with Crippen LogP contribution in [0.1, 0.15) is 42.8 Å². The molecule has 0 aromatic heterocycles. The Morgan fingerprint density at radius 3 is 2.07 bits per heavy atom. The molecule has 10 heteroatoms. The lowest BCUT2D eigenvalue weighted by Crippen LogP contribution is -2.62. The first kappa shape index (κ1) is 23.1. The van der Waals surface area contributed by atoms with Crippen LogP contribution in [0.5, 0.6) is 0 Å². The Morgan fingerprint density at radius 2 is 1.57 bits per heavy atom. The lowest BCUT2D eigenvalue weighted by atomic mass is 9.69. The predicted molar refractivity (Wildman–Crippen MR) is 102 cm³/mol. The second-order valence-corrected chi connectivity index (χ2v) is 6.34. The molecule has 1 aromatic carbocycles. The van der Waals surface area contributed by atoms with Crippen molar-refractivity contribution >= 4 is 29.6 Å². The second-order valence-electron chi connectivity index (χ2n) is 6.34. The second kappa shape index (κ2) is 9.57. The first-order valence-corrected chi connectivity index (χ1v) is 9.47. The minimum atomic E-state index is -2.45. The molecule has 2 N–H and O–H groups in total. The highest BCUT2D eigenvalue weighted by Crippen LogP contribution is 2.48. The number of aliphatic hydroxyl groups is 1. The summed E-state index contributed by atoms with van der Waals surface area (Å²) >= 11 is 0. The molecule has 0 radical (unpaired) electrons. The summed E-state index contributed by atoms with van der Waals surface area (Å²) in [5.41, 5.74) is -2.05. The number of benzene rings is 1. The highest BCUT2D eigenvalue weighted by molar-refractivity contribution is 6.08. The van der Waals surface area contributed by atoms with Gasteiger partial charge in [-0.2, -0.15) is 0 Å². The lowest BCUT2D eigenvalue weighted by Gasteiger charge is -2.43. The minimum absolute atomic E-state index is 0.0378. The number of aliphatic hydroxyl groups excluding tert-OH is 1. The van der Waals surface area contributed by atoms with Crippen molar-refractivity contribution in [3.8, 4) is 0 Å². The summed E-state index contributed by atoms with van der Waals surface area (Å²) in [6.07, 6.45) is -1.81. The van der Waals surface area contributed by atoms with Gasteiger partial charge in [-0.05, 0) is 32.9 Å². The molecule has 164 valence electrons. The van der Waals surface area contributed by atoms with Crippen LogP contribution in [-0.2, 0) is 33.3 Å². The zero-order valence-corrected chi connectivity index (χ0v) is 17.2. The molecule has 30 heavy (non-hydrogen) atoms. The van der Waals surface area contributed by atoms with Gasteiger partial charge in [0.15, 0.2) is 6.04 Å². The maximum atomic E-state index is 13.0. The first-order valence-electron chi connectivity index (χ1n) is 9.47. The average Bonchev–Trinajstić information content (AvgIpc) is 2.73. The van der Waals surface area contributed by atoms with Crippen molar-refractivity contribution in [2.45, 2.75) is 32.9 Å². The van der Waals surface area contributed by atoms with Gasteiger partial charge in [0.1, 0.15) is 6.10 Å². The van der Waals surface area contributed by atoms with Crippen molar-refractivity contribution in [1.29, 1.82) is 0 Å². The Kier molecular flexibility index (Phi) is 7.38. The number of methoxy groups -OCH3 is 1. The van der Waals surface area contributed by atoms with Crippen LogP contribution in [0.2, 0.25) is 0 Å². The highest BCUT2D eigenvalue weighted by atomic mass is 16.6. The van der Waals surface area contributed by atoms with Gasteiger partial charge in [0, 0.05) is 11.3 Å². The van der Waals surface area contributed by atoms with Gasteiger partial charge in [-0.25, -0.2) is 9.59 Å². The summed E-state index contributed by atoms with van der Waals surface area (Å²) in [6.45, 7) is 4.36. The maximum absolute atomic E-state index is 13.0. The maximum Gasteiger partial charge on any atom is 0.337 e. The molecule has 0 amide bonds. The monoisotopic (exact) mass is 423 g/mol. The third-order valence-corrected chi connectivity index (χ3v) is 4.70. The van der Waals surface area contributed by atoms with Gasteiger partial charge in [0.25, 0.3) is 0 Å². The Hall–Kier alpha value is -3.14. The fourth-order valence-corrected chi connectivity index (χ4v) is 3.35. The third kappa shape index (κ3) is 3.82. The van der Waals surface area contributed by atoms with E-state index in [9.17, 15) is 24.3 Å². The number of fused-ring (bicyclic) bond motifs is 1. The molecule has 0 unspecified atom stereocenters. The van der Waals surface area contributed by atoms with Crippen molar-refractivity contribution in [2.75, 3.05) is 32.2 Å². The van der Waals surface area contributed by atoms with Crippen molar-refractivity contribution in [1.82, 2.24) is 0 Å². The molecule has 1 aliphatic rings. The van der Waals surface area contributed by atoms with E-state index >= 15 is 0 Å². The topological polar surface area (TPSA) is 137 Å². The SMILES string of the molecule is CCOC(=O)[C@H]1Nc2cc(C(=O)OC)ccc2[C@@H](O)C1(C(=O)OCC)C(=O)OCC. The number of hydrogen-bond donors (Lipinski definition) is 2. The van der Waals surface area contributed by atoms with Gasteiger partial charge in [-0.3, -0.25) is 9.59 Å². The van der Waals surface area contributed by atoms with Crippen LogP contribution >= 0.6 is 0 Å². The molecule has 0 saturated carbocycles. The van der Waals surface area contributed by atoms with E-state index in [0.29, 0.717) is 0 Å². The molecular weight excluding hydrogens is 398 g/mol. The largest absolute Gasteiger partial charge is 0.465 e. The summed E-state index contributed by atoms with van der Waals surface area (Å²) < 4.78 is 19.8. The predicted octanol–water partition coefficient (Wildman–Crippen LogP) is 0.976. The number of esters is 4. The number of carbonyl (C=O) groups excluding carboxylic acids is 4. The van der Waals surface area contributed by atoms with E-state index in [0.717, 1.165) is 0 Å². The summed E-state index contributed by atoms with van der Waals surface area (Å²) in [4.78, 5) is 50.6. The normalized spacial score (nSPS) is 19.0. The van der Waals surface area contributed by atoms with Crippen LogP contribution in [0, 0.1) is 5.41 Å². The van der Waals surface area contributed by atoms with Gasteiger partial charge in [0.05, 0.1) is 32.5 Å². The van der Waals surface area contributed by atoms with Crippen molar-refractivity contribution < 1.29 is 43.2 Å².